The molecule has 0 amide bonds. The molecule has 3 aromatic rings. The van der Waals surface area contributed by atoms with Gasteiger partial charge in [-0.25, -0.2) is 0 Å². The van der Waals surface area contributed by atoms with E-state index < -0.39 is 5.97 Å². The van der Waals surface area contributed by atoms with Crippen LogP contribution in [-0.4, -0.2) is 15.4 Å². The van der Waals surface area contributed by atoms with Gasteiger partial charge in [0.2, 0.25) is 0 Å². The molecule has 32 heavy (non-hydrogen) atoms. The van der Waals surface area contributed by atoms with E-state index in [-0.39, 0.29) is 6.42 Å². The van der Waals surface area contributed by atoms with E-state index in [0.29, 0.717) is 24.9 Å². The van der Waals surface area contributed by atoms with Crippen LogP contribution >= 0.6 is 11.5 Å². The van der Waals surface area contributed by atoms with Crippen LogP contribution in [0.1, 0.15) is 77.6 Å². The number of ether oxygens (including phenoxy) is 1. The first-order valence-electron chi connectivity index (χ1n) is 11.4. The molecule has 1 aliphatic carbocycles. The highest BCUT2D eigenvalue weighted by Gasteiger charge is 2.30. The minimum atomic E-state index is -0.770. The number of carbonyl (C=O) groups is 1. The quantitative estimate of drug-likeness (QED) is 0.381. The largest absolute Gasteiger partial charge is 0.489 e. The third-order valence-electron chi connectivity index (χ3n) is 6.45. The summed E-state index contributed by atoms with van der Waals surface area (Å²) in [4.78, 5) is 12.3. The third-order valence-corrected chi connectivity index (χ3v) is 7.50. The molecule has 0 radical (unpaired) electrons. The van der Waals surface area contributed by atoms with Gasteiger partial charge in [-0.05, 0) is 84.8 Å². The Balaban J connectivity index is 1.57. The average molecular weight is 450 g/mol. The van der Waals surface area contributed by atoms with Crippen molar-refractivity contribution in [1.29, 1.82) is 0 Å². The van der Waals surface area contributed by atoms with E-state index in [4.69, 9.17) is 14.2 Å². The average Bonchev–Trinajstić information content (AvgIpc) is 3.53. The van der Waals surface area contributed by atoms with Crippen molar-refractivity contribution in [3.63, 3.8) is 0 Å². The van der Waals surface area contributed by atoms with Gasteiger partial charge in [0.1, 0.15) is 12.4 Å². The van der Waals surface area contributed by atoms with Gasteiger partial charge in [-0.2, -0.15) is 4.37 Å². The SMILES string of the molecule is Cc1c(CCC(=O)O)ccc(OCc2c(-c3ccc(C(C)C)cc3)nsc2C2CC2)c1C. The van der Waals surface area contributed by atoms with Crippen molar-refractivity contribution in [1.82, 2.24) is 4.37 Å². The van der Waals surface area contributed by atoms with Crippen LogP contribution in [0.5, 0.6) is 5.75 Å². The van der Waals surface area contributed by atoms with Gasteiger partial charge in [-0.15, -0.1) is 0 Å². The molecule has 1 aliphatic rings. The zero-order valence-electron chi connectivity index (χ0n) is 19.3. The lowest BCUT2D eigenvalue weighted by atomic mass is 9.98. The predicted octanol–water partition coefficient (Wildman–Crippen LogP) is 7.02. The maximum atomic E-state index is 10.9. The Morgan fingerprint density at radius 1 is 1.12 bits per heavy atom. The van der Waals surface area contributed by atoms with Crippen LogP contribution in [0.25, 0.3) is 11.3 Å². The minimum absolute atomic E-state index is 0.144. The molecule has 2 aromatic carbocycles. The Hall–Kier alpha value is -2.66. The van der Waals surface area contributed by atoms with Gasteiger partial charge >= 0.3 is 5.97 Å². The molecule has 1 heterocycles. The summed E-state index contributed by atoms with van der Waals surface area (Å²) in [7, 11) is 0. The van der Waals surface area contributed by atoms with Crippen LogP contribution in [0.2, 0.25) is 0 Å². The lowest BCUT2D eigenvalue weighted by molar-refractivity contribution is -0.136. The second-order valence-electron chi connectivity index (χ2n) is 9.08. The van der Waals surface area contributed by atoms with Gasteiger partial charge in [-0.1, -0.05) is 44.2 Å². The van der Waals surface area contributed by atoms with E-state index in [1.165, 1.54) is 28.8 Å². The molecule has 0 saturated heterocycles. The van der Waals surface area contributed by atoms with Crippen molar-refractivity contribution in [3.8, 4) is 17.0 Å². The molecule has 0 atom stereocenters. The topological polar surface area (TPSA) is 59.4 Å². The smallest absolute Gasteiger partial charge is 0.303 e. The fraction of sp³-hybridized carbons (Fsp3) is 0.407. The molecule has 0 unspecified atom stereocenters. The van der Waals surface area contributed by atoms with Gasteiger partial charge < -0.3 is 9.84 Å². The van der Waals surface area contributed by atoms with Crippen LogP contribution in [0.15, 0.2) is 36.4 Å². The van der Waals surface area contributed by atoms with E-state index in [2.05, 4.69) is 38.1 Å². The van der Waals surface area contributed by atoms with Crippen molar-refractivity contribution < 1.29 is 14.6 Å². The van der Waals surface area contributed by atoms with Gasteiger partial charge in [0.15, 0.2) is 0 Å². The van der Waals surface area contributed by atoms with E-state index >= 15 is 0 Å². The first kappa shape index (κ1) is 22.5. The number of hydrogen-bond acceptors (Lipinski definition) is 4. The van der Waals surface area contributed by atoms with Gasteiger partial charge in [0.05, 0.1) is 5.69 Å². The zero-order chi connectivity index (χ0) is 22.8. The third kappa shape index (κ3) is 4.88. The summed E-state index contributed by atoms with van der Waals surface area (Å²) in [6, 6.07) is 12.7. The highest BCUT2D eigenvalue weighted by molar-refractivity contribution is 7.06. The number of benzene rings is 2. The molecule has 0 aliphatic heterocycles. The molecule has 0 spiro atoms. The standard InChI is InChI=1S/C27H31NO3S/c1-16(2)19-5-7-21(8-6-19)26-23(27(32-28-26)22-9-10-22)15-31-24-13-11-20(12-14-25(29)30)17(3)18(24)4/h5-8,11,13,16,22H,9-10,12,14-15H2,1-4H3,(H,29,30). The van der Waals surface area contributed by atoms with Gasteiger partial charge in [0, 0.05) is 22.4 Å². The molecule has 168 valence electrons. The Morgan fingerprint density at radius 3 is 2.47 bits per heavy atom. The van der Waals surface area contributed by atoms with E-state index in [1.807, 2.05) is 26.0 Å². The number of aromatic nitrogens is 1. The Kier molecular flexibility index (Phi) is 6.66. The number of carboxylic acid groups (broad SMARTS) is 1. The summed E-state index contributed by atoms with van der Waals surface area (Å²) in [5, 5.41) is 8.99. The molecule has 4 rings (SSSR count). The molecule has 1 fully saturated rings. The van der Waals surface area contributed by atoms with Crippen molar-refractivity contribution in [2.45, 2.75) is 71.8 Å². The predicted molar refractivity (Wildman–Crippen MR) is 130 cm³/mol. The van der Waals surface area contributed by atoms with E-state index in [1.54, 1.807) is 11.5 Å². The van der Waals surface area contributed by atoms with Crippen molar-refractivity contribution in [2.75, 3.05) is 0 Å². The molecule has 1 saturated carbocycles. The van der Waals surface area contributed by atoms with Gasteiger partial charge in [0.25, 0.3) is 0 Å². The number of hydrogen-bond donors (Lipinski definition) is 1. The first-order chi connectivity index (χ1) is 15.3. The van der Waals surface area contributed by atoms with Crippen molar-refractivity contribution >= 4 is 17.5 Å². The number of nitrogens with zero attached hydrogens (tertiary/aromatic N) is 1. The maximum absolute atomic E-state index is 10.9. The summed E-state index contributed by atoms with van der Waals surface area (Å²) in [6.45, 7) is 9.01. The van der Waals surface area contributed by atoms with Gasteiger partial charge in [-0.3, -0.25) is 4.79 Å². The van der Waals surface area contributed by atoms with Crippen molar-refractivity contribution in [3.05, 3.63) is 69.1 Å². The lowest BCUT2D eigenvalue weighted by Gasteiger charge is -2.15. The highest BCUT2D eigenvalue weighted by Crippen LogP contribution is 2.46. The highest BCUT2D eigenvalue weighted by atomic mass is 32.1. The second kappa shape index (κ2) is 9.45. The molecule has 1 N–H and O–H groups in total. The summed E-state index contributed by atoms with van der Waals surface area (Å²) >= 11 is 1.62. The normalized spacial score (nSPS) is 13.5. The second-order valence-corrected chi connectivity index (χ2v) is 9.89. The van der Waals surface area contributed by atoms with E-state index in [9.17, 15) is 4.79 Å². The van der Waals surface area contributed by atoms with Crippen LogP contribution < -0.4 is 4.74 Å². The summed E-state index contributed by atoms with van der Waals surface area (Å²) in [5.41, 5.74) is 7.98. The summed E-state index contributed by atoms with van der Waals surface area (Å²) in [6.07, 6.45) is 3.15. The number of rotatable bonds is 9. The molecule has 1 aromatic heterocycles. The fourth-order valence-electron chi connectivity index (χ4n) is 4.05. The number of carboxylic acids is 1. The minimum Gasteiger partial charge on any atom is -0.489 e. The Labute approximate surface area is 194 Å². The summed E-state index contributed by atoms with van der Waals surface area (Å²) < 4.78 is 11.2. The summed E-state index contributed by atoms with van der Waals surface area (Å²) in [5.74, 6) is 1.22. The van der Waals surface area contributed by atoms with Crippen LogP contribution in [0.4, 0.5) is 0 Å². The lowest BCUT2D eigenvalue weighted by Crippen LogP contribution is -2.04. The molecule has 0 bridgehead atoms. The number of aliphatic carboxylic acids is 1. The monoisotopic (exact) mass is 449 g/mol. The van der Waals surface area contributed by atoms with E-state index in [0.717, 1.165) is 33.7 Å². The van der Waals surface area contributed by atoms with Crippen LogP contribution in [0.3, 0.4) is 0 Å². The zero-order valence-corrected chi connectivity index (χ0v) is 20.1. The first-order valence-corrected chi connectivity index (χ1v) is 12.1. The van der Waals surface area contributed by atoms with Crippen LogP contribution in [-0.2, 0) is 17.8 Å². The fourth-order valence-corrected chi connectivity index (χ4v) is 5.11. The van der Waals surface area contributed by atoms with Crippen molar-refractivity contribution in [2.24, 2.45) is 0 Å². The molecule has 5 heteroatoms. The van der Waals surface area contributed by atoms with Crippen LogP contribution in [0, 0.1) is 13.8 Å². The molecular formula is C27H31NO3S. The molecule has 4 nitrogen and oxygen atoms in total. The Morgan fingerprint density at radius 2 is 1.84 bits per heavy atom. The maximum Gasteiger partial charge on any atom is 0.303 e. The number of aryl methyl sites for hydroxylation is 1. The Bertz CT molecular complexity index is 1110. The molecular weight excluding hydrogens is 418 g/mol.